The van der Waals surface area contributed by atoms with E-state index in [0.717, 1.165) is 43.9 Å². The summed E-state index contributed by atoms with van der Waals surface area (Å²) >= 11 is 0. The van der Waals surface area contributed by atoms with Crippen molar-refractivity contribution in [2.75, 3.05) is 0 Å². The maximum Gasteiger partial charge on any atom is 0.196 e. The van der Waals surface area contributed by atoms with E-state index in [9.17, 15) is 5.11 Å². The summed E-state index contributed by atoms with van der Waals surface area (Å²) in [5.74, 6) is 0.162. The summed E-state index contributed by atoms with van der Waals surface area (Å²) in [5, 5.41) is 21.8. The van der Waals surface area contributed by atoms with Gasteiger partial charge in [-0.05, 0) is 47.2 Å². The SMILES string of the molecule is Oc1[nH]c2ccccc2c1C=c1ccc2c(c1)N=NC=2/C=C/c1cccnc1. The molecule has 1 aliphatic heterocycles. The van der Waals surface area contributed by atoms with Crippen LogP contribution in [-0.4, -0.2) is 15.1 Å². The number of nitrogens with zero attached hydrogens (tertiary/aromatic N) is 3. The van der Waals surface area contributed by atoms with E-state index in [4.69, 9.17) is 0 Å². The summed E-state index contributed by atoms with van der Waals surface area (Å²) in [7, 11) is 0. The van der Waals surface area contributed by atoms with Crippen molar-refractivity contribution in [1.82, 2.24) is 9.97 Å². The highest BCUT2D eigenvalue weighted by atomic mass is 16.3. The zero-order valence-electron chi connectivity index (χ0n) is 14.9. The average Bonchev–Trinajstić information content (AvgIpc) is 3.28. The van der Waals surface area contributed by atoms with Crippen LogP contribution in [-0.2, 0) is 0 Å². The maximum atomic E-state index is 10.3. The monoisotopic (exact) mass is 364 g/mol. The number of fused-ring (bicyclic) bond motifs is 2. The lowest BCUT2D eigenvalue weighted by Crippen LogP contribution is -2.08. The minimum atomic E-state index is 0.162. The van der Waals surface area contributed by atoms with Gasteiger partial charge in [0.1, 0.15) is 0 Å². The van der Waals surface area contributed by atoms with Crippen LogP contribution in [0.1, 0.15) is 11.1 Å². The molecule has 28 heavy (non-hydrogen) atoms. The van der Waals surface area contributed by atoms with Crippen LogP contribution >= 0.6 is 0 Å². The van der Waals surface area contributed by atoms with Gasteiger partial charge in [0.2, 0.25) is 0 Å². The topological polar surface area (TPSA) is 73.6 Å². The van der Waals surface area contributed by atoms with Gasteiger partial charge in [0.25, 0.3) is 0 Å². The molecule has 4 aromatic rings. The van der Waals surface area contributed by atoms with E-state index in [1.165, 1.54) is 0 Å². The van der Waals surface area contributed by atoms with E-state index >= 15 is 0 Å². The van der Waals surface area contributed by atoms with Crippen LogP contribution in [0.5, 0.6) is 5.88 Å². The van der Waals surface area contributed by atoms with Crippen LogP contribution in [0.3, 0.4) is 0 Å². The maximum absolute atomic E-state index is 10.3. The third kappa shape index (κ3) is 2.89. The lowest BCUT2D eigenvalue weighted by atomic mass is 10.1. The van der Waals surface area contributed by atoms with Crippen LogP contribution in [0.2, 0.25) is 0 Å². The first kappa shape index (κ1) is 16.2. The molecular formula is C23H16N4O. The molecule has 0 saturated heterocycles. The fraction of sp³-hybridized carbons (Fsp3) is 0. The van der Waals surface area contributed by atoms with E-state index in [2.05, 4.69) is 20.2 Å². The number of azo groups is 1. The van der Waals surface area contributed by atoms with Gasteiger partial charge >= 0.3 is 0 Å². The molecule has 2 N–H and O–H groups in total. The molecule has 1 aliphatic rings. The second-order valence-electron chi connectivity index (χ2n) is 6.56. The van der Waals surface area contributed by atoms with Gasteiger partial charge in [0.05, 0.1) is 11.4 Å². The Morgan fingerprint density at radius 3 is 2.75 bits per heavy atom. The predicted molar refractivity (Wildman–Crippen MR) is 110 cm³/mol. The molecule has 134 valence electrons. The van der Waals surface area contributed by atoms with Crippen molar-refractivity contribution in [2.24, 2.45) is 10.2 Å². The third-order valence-corrected chi connectivity index (χ3v) is 4.72. The molecule has 5 rings (SSSR count). The molecule has 0 saturated carbocycles. The Morgan fingerprint density at radius 1 is 0.929 bits per heavy atom. The zero-order chi connectivity index (χ0) is 18.9. The normalized spacial score (nSPS) is 13.7. The van der Waals surface area contributed by atoms with Crippen molar-refractivity contribution in [3.8, 4) is 5.88 Å². The summed E-state index contributed by atoms with van der Waals surface area (Å²) in [6.45, 7) is 0. The summed E-state index contributed by atoms with van der Waals surface area (Å²) in [4.78, 5) is 7.11. The molecule has 0 bridgehead atoms. The van der Waals surface area contributed by atoms with Crippen molar-refractivity contribution in [2.45, 2.75) is 0 Å². The molecule has 5 heteroatoms. The number of aromatic hydroxyl groups is 1. The molecular weight excluding hydrogens is 348 g/mol. The number of hydrogen-bond donors (Lipinski definition) is 2. The van der Waals surface area contributed by atoms with Crippen molar-refractivity contribution >= 4 is 34.4 Å². The highest BCUT2D eigenvalue weighted by molar-refractivity contribution is 5.91. The number of aromatic nitrogens is 2. The molecule has 0 radical (unpaired) electrons. The van der Waals surface area contributed by atoms with Gasteiger partial charge in [-0.2, -0.15) is 0 Å². The number of pyridine rings is 1. The highest BCUT2D eigenvalue weighted by Gasteiger charge is 2.09. The minimum Gasteiger partial charge on any atom is -0.494 e. The van der Waals surface area contributed by atoms with Crippen LogP contribution in [0.25, 0.3) is 28.8 Å². The Bertz CT molecular complexity index is 1370. The Balaban J connectivity index is 1.56. The number of aromatic amines is 1. The van der Waals surface area contributed by atoms with E-state index < -0.39 is 0 Å². The number of para-hydroxylation sites is 1. The fourth-order valence-corrected chi connectivity index (χ4v) is 3.33. The quantitative estimate of drug-likeness (QED) is 0.576. The second kappa shape index (κ2) is 6.63. The standard InChI is InChI=1S/C23H16N4O/c28-23-19(17-5-1-2-6-20(17)25-23)12-16-7-9-18-21(26-27-22(18)13-16)10-8-15-4-3-11-24-14-15/h1-14,25,28H/b10-8+,16-12?. The summed E-state index contributed by atoms with van der Waals surface area (Å²) in [6, 6.07) is 17.7. The zero-order valence-corrected chi connectivity index (χ0v) is 14.9. The van der Waals surface area contributed by atoms with Gasteiger partial charge in [0, 0.05) is 34.1 Å². The molecule has 2 aromatic heterocycles. The van der Waals surface area contributed by atoms with Gasteiger partial charge < -0.3 is 10.1 Å². The lowest BCUT2D eigenvalue weighted by Gasteiger charge is -1.94. The molecule has 0 atom stereocenters. The minimum absolute atomic E-state index is 0.162. The fourth-order valence-electron chi connectivity index (χ4n) is 3.33. The highest BCUT2D eigenvalue weighted by Crippen LogP contribution is 2.27. The average molecular weight is 364 g/mol. The summed E-state index contributed by atoms with van der Waals surface area (Å²) < 4.78 is 0. The number of H-pyrrole nitrogens is 1. The molecule has 0 amide bonds. The first-order chi connectivity index (χ1) is 13.8. The summed E-state index contributed by atoms with van der Waals surface area (Å²) in [6.07, 6.45) is 9.42. The van der Waals surface area contributed by atoms with Crippen LogP contribution in [0.4, 0.5) is 5.69 Å². The van der Waals surface area contributed by atoms with Crippen molar-refractivity contribution < 1.29 is 5.11 Å². The van der Waals surface area contributed by atoms with E-state index in [1.54, 1.807) is 12.4 Å². The Kier molecular flexibility index (Phi) is 3.84. The molecule has 2 aromatic carbocycles. The second-order valence-corrected chi connectivity index (χ2v) is 6.56. The molecule has 0 aliphatic carbocycles. The third-order valence-electron chi connectivity index (χ3n) is 4.72. The van der Waals surface area contributed by atoms with Crippen LogP contribution in [0.15, 0.2) is 83.3 Å². The van der Waals surface area contributed by atoms with Crippen molar-refractivity contribution in [3.05, 3.63) is 94.6 Å². The van der Waals surface area contributed by atoms with Gasteiger partial charge in [-0.25, -0.2) is 0 Å². The van der Waals surface area contributed by atoms with E-state index in [-0.39, 0.29) is 5.88 Å². The van der Waals surface area contributed by atoms with Crippen LogP contribution < -0.4 is 10.4 Å². The molecule has 0 spiro atoms. The van der Waals surface area contributed by atoms with Gasteiger partial charge in [-0.3, -0.25) is 4.98 Å². The van der Waals surface area contributed by atoms with E-state index in [1.807, 2.05) is 72.8 Å². The van der Waals surface area contributed by atoms with Crippen LogP contribution in [0, 0.1) is 0 Å². The first-order valence-electron chi connectivity index (χ1n) is 8.93. The molecule has 3 heterocycles. The molecule has 0 fully saturated rings. The van der Waals surface area contributed by atoms with Gasteiger partial charge in [-0.15, -0.1) is 10.2 Å². The first-order valence-corrected chi connectivity index (χ1v) is 8.93. The number of rotatable bonds is 3. The number of benzene rings is 2. The number of hydrogen-bond acceptors (Lipinski definition) is 4. The molecule has 0 unspecified atom stereocenters. The smallest absolute Gasteiger partial charge is 0.196 e. The Hall–Kier alpha value is -3.99. The molecule has 5 nitrogen and oxygen atoms in total. The van der Waals surface area contributed by atoms with Crippen molar-refractivity contribution in [3.63, 3.8) is 0 Å². The lowest BCUT2D eigenvalue weighted by molar-refractivity contribution is 0.457. The van der Waals surface area contributed by atoms with Gasteiger partial charge in [-0.1, -0.05) is 36.4 Å². The Morgan fingerprint density at radius 2 is 1.86 bits per heavy atom. The summed E-state index contributed by atoms with van der Waals surface area (Å²) in [5.41, 5.74) is 4.33. The van der Waals surface area contributed by atoms with E-state index in [0.29, 0.717) is 0 Å². The van der Waals surface area contributed by atoms with Crippen molar-refractivity contribution in [1.29, 1.82) is 0 Å². The largest absolute Gasteiger partial charge is 0.494 e. The Labute approximate surface area is 160 Å². The number of nitrogens with one attached hydrogen (secondary N) is 1. The predicted octanol–water partition coefficient (Wildman–Crippen LogP) is 4.02. The van der Waals surface area contributed by atoms with Gasteiger partial charge in [0.15, 0.2) is 5.88 Å².